The molecule has 11 heteroatoms. The highest BCUT2D eigenvalue weighted by Crippen LogP contribution is 2.54. The largest absolute Gasteiger partial charge is 0.372 e. The van der Waals surface area contributed by atoms with Crippen molar-refractivity contribution >= 4 is 13.4 Å². The van der Waals surface area contributed by atoms with E-state index in [9.17, 15) is 35.7 Å². The van der Waals surface area contributed by atoms with E-state index in [1.807, 2.05) is 0 Å². The SMILES string of the molecule is CCOP(=O)(OCC)C(F)C(=O)c1c(F)c(F)c(F)c(F)c1F. The molecule has 1 unspecified atom stereocenters. The van der Waals surface area contributed by atoms with Crippen molar-refractivity contribution in [2.24, 2.45) is 0 Å². The van der Waals surface area contributed by atoms with E-state index in [0.717, 1.165) is 0 Å². The first kappa shape index (κ1) is 19.7. The van der Waals surface area contributed by atoms with E-state index < -0.39 is 53.9 Å². The van der Waals surface area contributed by atoms with Crippen LogP contribution in [0, 0.1) is 29.1 Å². The molecule has 0 saturated heterocycles. The first-order chi connectivity index (χ1) is 10.6. The molecule has 0 bridgehead atoms. The average Bonchev–Trinajstić information content (AvgIpc) is 2.50. The number of alkyl halides is 1. The van der Waals surface area contributed by atoms with Crippen LogP contribution in [0.15, 0.2) is 0 Å². The summed E-state index contributed by atoms with van der Waals surface area (Å²) in [4.78, 5) is 11.8. The minimum Gasteiger partial charge on any atom is -0.307 e. The second-order valence-electron chi connectivity index (χ2n) is 4.02. The van der Waals surface area contributed by atoms with Crippen molar-refractivity contribution in [3.8, 4) is 0 Å². The lowest BCUT2D eigenvalue weighted by molar-refractivity contribution is 0.0883. The molecule has 0 fully saturated rings. The Morgan fingerprint density at radius 1 is 0.913 bits per heavy atom. The van der Waals surface area contributed by atoms with Crippen LogP contribution in [0.5, 0.6) is 0 Å². The number of benzene rings is 1. The van der Waals surface area contributed by atoms with E-state index in [-0.39, 0.29) is 13.2 Å². The molecule has 0 saturated carbocycles. The summed E-state index contributed by atoms with van der Waals surface area (Å²) in [6.07, 6.45) is 0. The van der Waals surface area contributed by atoms with Gasteiger partial charge in [-0.1, -0.05) is 0 Å². The standard InChI is InChI=1S/C12H11F6O4P/c1-3-21-23(20,22-4-2)12(18)11(19)5-6(13)8(15)10(17)9(16)7(5)14/h12H,3-4H2,1-2H3. The molecule has 23 heavy (non-hydrogen) atoms. The molecule has 1 rings (SSSR count). The molecule has 1 aromatic rings. The molecule has 1 atom stereocenters. The van der Waals surface area contributed by atoms with Crippen molar-refractivity contribution in [3.63, 3.8) is 0 Å². The van der Waals surface area contributed by atoms with Crippen molar-refractivity contribution in [3.05, 3.63) is 34.6 Å². The average molecular weight is 364 g/mol. The number of halogens is 6. The van der Waals surface area contributed by atoms with Crippen LogP contribution in [0.3, 0.4) is 0 Å². The molecule has 0 aromatic heterocycles. The van der Waals surface area contributed by atoms with Gasteiger partial charge < -0.3 is 9.05 Å². The van der Waals surface area contributed by atoms with E-state index in [2.05, 4.69) is 9.05 Å². The highest BCUT2D eigenvalue weighted by Gasteiger charge is 2.45. The van der Waals surface area contributed by atoms with Gasteiger partial charge in [-0.15, -0.1) is 0 Å². The Morgan fingerprint density at radius 2 is 1.26 bits per heavy atom. The molecule has 0 radical (unpaired) electrons. The topological polar surface area (TPSA) is 52.6 Å². The molecule has 0 aliphatic carbocycles. The first-order valence-electron chi connectivity index (χ1n) is 6.20. The zero-order chi connectivity index (χ0) is 17.9. The van der Waals surface area contributed by atoms with Gasteiger partial charge in [0.2, 0.25) is 11.6 Å². The third-order valence-electron chi connectivity index (χ3n) is 2.57. The van der Waals surface area contributed by atoms with Crippen molar-refractivity contribution in [2.75, 3.05) is 13.2 Å². The maximum absolute atomic E-state index is 14.1. The number of hydrogen-bond acceptors (Lipinski definition) is 4. The van der Waals surface area contributed by atoms with Crippen LogP contribution in [-0.4, -0.2) is 24.9 Å². The quantitative estimate of drug-likeness (QED) is 0.240. The molecule has 0 spiro atoms. The number of hydrogen-bond donors (Lipinski definition) is 0. The monoisotopic (exact) mass is 364 g/mol. The van der Waals surface area contributed by atoms with Gasteiger partial charge in [0.15, 0.2) is 23.3 Å². The van der Waals surface area contributed by atoms with Gasteiger partial charge in [-0.05, 0) is 13.8 Å². The molecule has 4 nitrogen and oxygen atoms in total. The molecule has 0 aliphatic heterocycles. The number of carbonyl (C=O) groups excluding carboxylic acids is 1. The van der Waals surface area contributed by atoms with Crippen LogP contribution in [0.4, 0.5) is 26.3 Å². The minimum absolute atomic E-state index is 0.387. The lowest BCUT2D eigenvalue weighted by Crippen LogP contribution is -2.23. The van der Waals surface area contributed by atoms with Crippen LogP contribution >= 0.6 is 7.60 Å². The molecular formula is C12H11F6O4P. The Labute approximate surface area is 126 Å². The highest BCUT2D eigenvalue weighted by atomic mass is 31.2. The Balaban J connectivity index is 3.42. The molecule has 0 N–H and O–H groups in total. The maximum atomic E-state index is 14.1. The van der Waals surface area contributed by atoms with Gasteiger partial charge in [0.25, 0.3) is 5.91 Å². The number of ketones is 1. The zero-order valence-corrected chi connectivity index (χ0v) is 12.7. The molecular weight excluding hydrogens is 353 g/mol. The molecule has 0 aliphatic rings. The summed E-state index contributed by atoms with van der Waals surface area (Å²) in [5, 5.41) is 0. The van der Waals surface area contributed by atoms with Crippen LogP contribution in [0.25, 0.3) is 0 Å². The first-order valence-corrected chi connectivity index (χ1v) is 7.82. The van der Waals surface area contributed by atoms with Crippen molar-refractivity contribution in [1.82, 2.24) is 0 Å². The van der Waals surface area contributed by atoms with E-state index in [1.165, 1.54) is 13.8 Å². The summed E-state index contributed by atoms with van der Waals surface area (Å²) in [6.45, 7) is 1.76. The number of carbonyl (C=O) groups is 1. The van der Waals surface area contributed by atoms with Gasteiger partial charge in [0, 0.05) is 0 Å². The van der Waals surface area contributed by atoms with Gasteiger partial charge >= 0.3 is 7.60 Å². The van der Waals surface area contributed by atoms with Gasteiger partial charge in [0.05, 0.1) is 18.8 Å². The highest BCUT2D eigenvalue weighted by molar-refractivity contribution is 7.55. The van der Waals surface area contributed by atoms with Crippen molar-refractivity contribution < 1.29 is 44.7 Å². The third kappa shape index (κ3) is 3.59. The Hall–Kier alpha value is -1.38. The van der Waals surface area contributed by atoms with E-state index in [4.69, 9.17) is 0 Å². The lowest BCUT2D eigenvalue weighted by atomic mass is 10.1. The summed E-state index contributed by atoms with van der Waals surface area (Å²) in [5.74, 6) is -17.9. The second kappa shape index (κ2) is 7.46. The predicted molar refractivity (Wildman–Crippen MR) is 66.3 cm³/mol. The minimum atomic E-state index is -4.80. The molecule has 1 aromatic carbocycles. The van der Waals surface area contributed by atoms with Crippen LogP contribution < -0.4 is 0 Å². The van der Waals surface area contributed by atoms with Gasteiger partial charge in [-0.2, -0.15) is 0 Å². The fourth-order valence-corrected chi connectivity index (χ4v) is 3.08. The van der Waals surface area contributed by atoms with Gasteiger partial charge in [-0.25, -0.2) is 26.3 Å². The summed E-state index contributed by atoms with van der Waals surface area (Å²) >= 11 is 0. The van der Waals surface area contributed by atoms with Crippen molar-refractivity contribution in [2.45, 2.75) is 19.8 Å². The van der Waals surface area contributed by atoms with Gasteiger partial charge in [-0.3, -0.25) is 9.36 Å². The normalized spacial score (nSPS) is 13.2. The maximum Gasteiger partial charge on any atom is 0.372 e. The zero-order valence-electron chi connectivity index (χ0n) is 11.8. The van der Waals surface area contributed by atoms with E-state index in [0.29, 0.717) is 0 Å². The van der Waals surface area contributed by atoms with E-state index >= 15 is 0 Å². The Bertz CT molecular complexity index is 626. The second-order valence-corrected chi connectivity index (χ2v) is 6.07. The lowest BCUT2D eigenvalue weighted by Gasteiger charge is -2.20. The summed E-state index contributed by atoms with van der Waals surface area (Å²) in [7, 11) is -4.80. The molecule has 0 amide bonds. The number of Topliss-reactive ketones (excluding diaryl/α,β-unsaturated/α-hetero) is 1. The number of rotatable bonds is 7. The smallest absolute Gasteiger partial charge is 0.307 e. The van der Waals surface area contributed by atoms with Crippen LogP contribution in [0.1, 0.15) is 24.2 Å². The fraction of sp³-hybridized carbons (Fsp3) is 0.417. The van der Waals surface area contributed by atoms with Crippen LogP contribution in [-0.2, 0) is 13.6 Å². The van der Waals surface area contributed by atoms with Crippen molar-refractivity contribution in [1.29, 1.82) is 0 Å². The van der Waals surface area contributed by atoms with Crippen LogP contribution in [0.2, 0.25) is 0 Å². The van der Waals surface area contributed by atoms with Gasteiger partial charge in [0.1, 0.15) is 0 Å². The summed E-state index contributed by atoms with van der Waals surface area (Å²) < 4.78 is 101. The Kier molecular flexibility index (Phi) is 6.38. The third-order valence-corrected chi connectivity index (χ3v) is 4.59. The molecule has 130 valence electrons. The summed E-state index contributed by atoms with van der Waals surface area (Å²) in [6, 6.07) is 0. The Morgan fingerprint density at radius 3 is 1.61 bits per heavy atom. The molecule has 0 heterocycles. The predicted octanol–water partition coefficient (Wildman–Crippen LogP) is 4.13. The van der Waals surface area contributed by atoms with E-state index in [1.54, 1.807) is 0 Å². The summed E-state index contributed by atoms with van der Waals surface area (Å²) in [5.41, 5.74) is -2.05. The fourth-order valence-electron chi connectivity index (χ4n) is 1.61.